The lowest BCUT2D eigenvalue weighted by molar-refractivity contribution is 0.287. The summed E-state index contributed by atoms with van der Waals surface area (Å²) in [7, 11) is 0.816. The SMILES string of the molecule is C=CCCCOc1c(F)cc(F)cc1S(=O)(=O)Cl. The summed E-state index contributed by atoms with van der Waals surface area (Å²) in [4.78, 5) is -0.708. The van der Waals surface area contributed by atoms with E-state index in [0.717, 1.165) is 0 Å². The quantitative estimate of drug-likeness (QED) is 0.460. The van der Waals surface area contributed by atoms with E-state index in [1.807, 2.05) is 0 Å². The van der Waals surface area contributed by atoms with Crippen molar-refractivity contribution in [3.8, 4) is 5.75 Å². The van der Waals surface area contributed by atoms with Gasteiger partial charge in [-0.2, -0.15) is 0 Å². The van der Waals surface area contributed by atoms with Crippen LogP contribution in [0.1, 0.15) is 12.8 Å². The number of rotatable bonds is 6. The molecule has 0 saturated heterocycles. The van der Waals surface area contributed by atoms with E-state index in [0.29, 0.717) is 25.0 Å². The molecule has 0 aliphatic heterocycles. The molecule has 0 aliphatic rings. The van der Waals surface area contributed by atoms with E-state index in [1.54, 1.807) is 6.08 Å². The van der Waals surface area contributed by atoms with Crippen LogP contribution in [0.15, 0.2) is 29.7 Å². The number of ether oxygens (including phenoxy) is 1. The maximum absolute atomic E-state index is 13.4. The van der Waals surface area contributed by atoms with Crippen LogP contribution in [0.5, 0.6) is 5.75 Å². The molecule has 0 bridgehead atoms. The molecule has 1 aromatic carbocycles. The first-order valence-corrected chi connectivity index (χ1v) is 7.34. The zero-order valence-corrected chi connectivity index (χ0v) is 10.9. The smallest absolute Gasteiger partial charge is 0.265 e. The summed E-state index contributed by atoms with van der Waals surface area (Å²) in [6.45, 7) is 3.57. The lowest BCUT2D eigenvalue weighted by Gasteiger charge is -2.10. The first-order valence-electron chi connectivity index (χ1n) is 5.03. The molecule has 0 heterocycles. The molecule has 0 radical (unpaired) electrons. The summed E-state index contributed by atoms with van der Waals surface area (Å²) in [5, 5.41) is 0. The second-order valence-corrected chi connectivity index (χ2v) is 5.97. The third-order valence-corrected chi connectivity index (χ3v) is 3.36. The van der Waals surface area contributed by atoms with Gasteiger partial charge in [0.05, 0.1) is 6.61 Å². The highest BCUT2D eigenvalue weighted by molar-refractivity contribution is 8.13. The molecule has 0 N–H and O–H groups in total. The molecule has 1 aromatic rings. The van der Waals surface area contributed by atoms with Crippen molar-refractivity contribution in [3.05, 3.63) is 36.4 Å². The van der Waals surface area contributed by atoms with Gasteiger partial charge in [-0.1, -0.05) is 6.08 Å². The Bertz CT molecular complexity index is 543. The summed E-state index contributed by atoms with van der Waals surface area (Å²) < 4.78 is 53.8. The Morgan fingerprint density at radius 3 is 2.61 bits per heavy atom. The minimum atomic E-state index is -4.27. The van der Waals surface area contributed by atoms with Gasteiger partial charge in [-0.15, -0.1) is 6.58 Å². The molecule has 7 heteroatoms. The van der Waals surface area contributed by atoms with Crippen LogP contribution in [0.2, 0.25) is 0 Å². The van der Waals surface area contributed by atoms with Crippen LogP contribution in [0, 0.1) is 11.6 Å². The van der Waals surface area contributed by atoms with Gasteiger partial charge in [-0.25, -0.2) is 17.2 Å². The minimum absolute atomic E-state index is 0.0774. The Morgan fingerprint density at radius 1 is 1.39 bits per heavy atom. The third kappa shape index (κ3) is 3.96. The van der Waals surface area contributed by atoms with Crippen molar-refractivity contribution < 1.29 is 21.9 Å². The van der Waals surface area contributed by atoms with Crippen molar-refractivity contribution in [2.24, 2.45) is 0 Å². The predicted octanol–water partition coefficient (Wildman–Crippen LogP) is 3.24. The lowest BCUT2D eigenvalue weighted by Crippen LogP contribution is -2.05. The zero-order valence-electron chi connectivity index (χ0n) is 9.33. The summed E-state index contributed by atoms with van der Waals surface area (Å²) in [5.41, 5.74) is 0. The molecule has 0 fully saturated rings. The van der Waals surface area contributed by atoms with Crippen molar-refractivity contribution in [3.63, 3.8) is 0 Å². The second-order valence-electron chi connectivity index (χ2n) is 3.43. The Morgan fingerprint density at radius 2 is 2.06 bits per heavy atom. The average molecular weight is 297 g/mol. The van der Waals surface area contributed by atoms with Gasteiger partial charge >= 0.3 is 0 Å². The summed E-state index contributed by atoms with van der Waals surface area (Å²) >= 11 is 0. The van der Waals surface area contributed by atoms with Crippen LogP contribution in [-0.4, -0.2) is 15.0 Å². The van der Waals surface area contributed by atoms with E-state index in [-0.39, 0.29) is 6.61 Å². The fourth-order valence-electron chi connectivity index (χ4n) is 1.26. The first kappa shape index (κ1) is 14.9. The third-order valence-electron chi connectivity index (χ3n) is 2.04. The number of hydrogen-bond donors (Lipinski definition) is 0. The average Bonchev–Trinajstić information content (AvgIpc) is 2.24. The Labute approximate surface area is 108 Å². The first-order chi connectivity index (χ1) is 8.36. The van der Waals surface area contributed by atoms with Crippen LogP contribution in [0.3, 0.4) is 0 Å². The maximum atomic E-state index is 13.4. The van der Waals surface area contributed by atoms with Gasteiger partial charge in [-0.3, -0.25) is 0 Å². The van der Waals surface area contributed by atoms with E-state index in [1.165, 1.54) is 0 Å². The van der Waals surface area contributed by atoms with E-state index in [4.69, 9.17) is 15.4 Å². The van der Waals surface area contributed by atoms with E-state index < -0.39 is 31.3 Å². The molecule has 0 atom stereocenters. The normalized spacial score (nSPS) is 11.3. The van der Waals surface area contributed by atoms with Crippen molar-refractivity contribution in [2.45, 2.75) is 17.7 Å². The maximum Gasteiger partial charge on any atom is 0.265 e. The van der Waals surface area contributed by atoms with Gasteiger partial charge in [-0.05, 0) is 18.9 Å². The van der Waals surface area contributed by atoms with Gasteiger partial charge in [0.25, 0.3) is 9.05 Å². The molecule has 0 aliphatic carbocycles. The Hall–Kier alpha value is -1.14. The monoisotopic (exact) mass is 296 g/mol. The zero-order chi connectivity index (χ0) is 13.8. The van der Waals surface area contributed by atoms with E-state index in [9.17, 15) is 17.2 Å². The van der Waals surface area contributed by atoms with Crippen molar-refractivity contribution in [1.82, 2.24) is 0 Å². The highest BCUT2D eigenvalue weighted by atomic mass is 35.7. The molecule has 0 amide bonds. The highest BCUT2D eigenvalue weighted by Gasteiger charge is 2.22. The van der Waals surface area contributed by atoms with E-state index in [2.05, 4.69) is 6.58 Å². The molecule has 3 nitrogen and oxygen atoms in total. The molecule has 0 saturated carbocycles. The molecule has 100 valence electrons. The Balaban J connectivity index is 3.05. The number of hydrogen-bond acceptors (Lipinski definition) is 3. The molecule has 1 rings (SSSR count). The molecular weight excluding hydrogens is 286 g/mol. The predicted molar refractivity (Wildman–Crippen MR) is 64.3 cm³/mol. The van der Waals surface area contributed by atoms with Crippen molar-refractivity contribution in [1.29, 1.82) is 0 Å². The summed E-state index contributed by atoms with van der Waals surface area (Å²) in [6.07, 6.45) is 2.80. The molecule has 18 heavy (non-hydrogen) atoms. The number of allylic oxidation sites excluding steroid dienone is 1. The van der Waals surface area contributed by atoms with Gasteiger partial charge < -0.3 is 4.74 Å². The second kappa shape index (κ2) is 6.15. The minimum Gasteiger partial charge on any atom is -0.489 e. The fraction of sp³-hybridized carbons (Fsp3) is 0.273. The molecule has 0 unspecified atom stereocenters. The summed E-state index contributed by atoms with van der Waals surface area (Å²) in [5.74, 6) is -2.70. The van der Waals surface area contributed by atoms with Crippen LogP contribution >= 0.6 is 10.7 Å². The fourth-order valence-corrected chi connectivity index (χ4v) is 2.23. The van der Waals surface area contributed by atoms with E-state index >= 15 is 0 Å². The number of benzene rings is 1. The van der Waals surface area contributed by atoms with Crippen LogP contribution < -0.4 is 4.74 Å². The Kier molecular flexibility index (Phi) is 5.10. The van der Waals surface area contributed by atoms with Crippen molar-refractivity contribution in [2.75, 3.05) is 6.61 Å². The number of halogens is 3. The van der Waals surface area contributed by atoms with Crippen LogP contribution in [-0.2, 0) is 9.05 Å². The molecular formula is C11H11ClF2O3S. The van der Waals surface area contributed by atoms with Gasteiger partial charge in [0.1, 0.15) is 10.7 Å². The highest BCUT2D eigenvalue weighted by Crippen LogP contribution is 2.31. The number of unbranched alkanes of at least 4 members (excludes halogenated alkanes) is 1. The largest absolute Gasteiger partial charge is 0.489 e. The van der Waals surface area contributed by atoms with Crippen LogP contribution in [0.4, 0.5) is 8.78 Å². The standard InChI is InChI=1S/C11H11ClF2O3S/c1-2-3-4-5-17-11-9(14)6-8(13)7-10(11)18(12,15)16/h2,6-7H,1,3-5H2. The topological polar surface area (TPSA) is 43.4 Å². The van der Waals surface area contributed by atoms with Crippen molar-refractivity contribution >= 4 is 19.7 Å². The lowest BCUT2D eigenvalue weighted by atomic mass is 10.3. The van der Waals surface area contributed by atoms with Gasteiger partial charge in [0.2, 0.25) is 0 Å². The summed E-state index contributed by atoms with van der Waals surface area (Å²) in [6, 6.07) is 1.16. The molecule has 0 spiro atoms. The van der Waals surface area contributed by atoms with Gasteiger partial charge in [0.15, 0.2) is 11.6 Å². The molecule has 0 aromatic heterocycles. The van der Waals surface area contributed by atoms with Crippen LogP contribution in [0.25, 0.3) is 0 Å². The van der Waals surface area contributed by atoms with Gasteiger partial charge in [0, 0.05) is 16.7 Å².